The van der Waals surface area contributed by atoms with Crippen molar-refractivity contribution in [3.8, 4) is 0 Å². The van der Waals surface area contributed by atoms with E-state index in [1.165, 1.54) is 0 Å². The van der Waals surface area contributed by atoms with Crippen molar-refractivity contribution >= 4 is 27.8 Å². The molecule has 2 N–H and O–H groups in total. The van der Waals surface area contributed by atoms with Gasteiger partial charge in [-0.3, -0.25) is 4.55 Å². The van der Waals surface area contributed by atoms with Gasteiger partial charge in [-0.2, -0.15) is 8.42 Å². The lowest BCUT2D eigenvalue weighted by Crippen LogP contribution is -2.33. The Morgan fingerprint density at radius 1 is 1.29 bits per heavy atom. The van der Waals surface area contributed by atoms with Crippen LogP contribution in [0, 0.1) is 5.92 Å². The summed E-state index contributed by atoms with van der Waals surface area (Å²) in [6.45, 7) is 4.72. The molecule has 0 aliphatic rings. The number of hydrogen-bond acceptors (Lipinski definition) is 3. The molecule has 1 unspecified atom stereocenters. The average Bonchev–Trinajstić information content (AvgIpc) is 2.38. The molecule has 0 fully saturated rings. The van der Waals surface area contributed by atoms with Crippen LogP contribution in [0.15, 0.2) is 30.3 Å². The van der Waals surface area contributed by atoms with Crippen LogP contribution >= 0.6 is 11.6 Å². The van der Waals surface area contributed by atoms with Gasteiger partial charge in [-0.05, 0) is 36.6 Å². The van der Waals surface area contributed by atoms with E-state index in [2.05, 4.69) is 25.2 Å². The maximum Gasteiger partial charge on any atom is 0.264 e. The van der Waals surface area contributed by atoms with Crippen LogP contribution in [-0.4, -0.2) is 31.3 Å². The minimum Gasteiger partial charge on any atom is -0.310 e. The standard InChI is InChI=1S/C15H22ClNO3S/c1-12(2)15(17-10-3-11-21(18,19)20)9-6-13-4-7-14(16)8-5-13/h4-9,12,15,17H,3,10-11H2,1-2H3,(H,18,19,20)/b9-6+. The van der Waals surface area contributed by atoms with Gasteiger partial charge in [0, 0.05) is 11.1 Å². The lowest BCUT2D eigenvalue weighted by atomic mass is 10.0. The van der Waals surface area contributed by atoms with Gasteiger partial charge in [-0.25, -0.2) is 0 Å². The Kier molecular flexibility index (Phi) is 7.39. The van der Waals surface area contributed by atoms with Crippen LogP contribution in [-0.2, 0) is 10.1 Å². The molecule has 0 amide bonds. The van der Waals surface area contributed by atoms with Crippen molar-refractivity contribution in [3.63, 3.8) is 0 Å². The van der Waals surface area contributed by atoms with Crippen molar-refractivity contribution in [2.45, 2.75) is 26.3 Å². The Morgan fingerprint density at radius 3 is 2.43 bits per heavy atom. The summed E-state index contributed by atoms with van der Waals surface area (Å²) in [5.74, 6) is 0.158. The molecule has 1 rings (SSSR count). The molecule has 118 valence electrons. The lowest BCUT2D eigenvalue weighted by molar-refractivity contribution is 0.456. The van der Waals surface area contributed by atoms with E-state index in [-0.39, 0.29) is 11.8 Å². The summed E-state index contributed by atoms with van der Waals surface area (Å²) < 4.78 is 30.0. The highest BCUT2D eigenvalue weighted by molar-refractivity contribution is 7.85. The molecule has 4 nitrogen and oxygen atoms in total. The van der Waals surface area contributed by atoms with Gasteiger partial charge in [0.1, 0.15) is 0 Å². The quantitative estimate of drug-likeness (QED) is 0.567. The highest BCUT2D eigenvalue weighted by atomic mass is 35.5. The Hall–Kier alpha value is -0.880. The van der Waals surface area contributed by atoms with Gasteiger partial charge in [-0.15, -0.1) is 0 Å². The third kappa shape index (κ3) is 8.21. The molecule has 1 atom stereocenters. The third-order valence-corrected chi connectivity index (χ3v) is 4.10. The monoisotopic (exact) mass is 331 g/mol. The highest BCUT2D eigenvalue weighted by Crippen LogP contribution is 2.12. The topological polar surface area (TPSA) is 66.4 Å². The van der Waals surface area contributed by atoms with E-state index in [1.807, 2.05) is 30.3 Å². The van der Waals surface area contributed by atoms with Gasteiger partial charge in [0.25, 0.3) is 10.1 Å². The second kappa shape index (κ2) is 8.54. The van der Waals surface area contributed by atoms with Crippen LogP contribution < -0.4 is 5.32 Å². The molecule has 0 bridgehead atoms. The molecular formula is C15H22ClNO3S. The van der Waals surface area contributed by atoms with Crippen LogP contribution in [0.25, 0.3) is 6.08 Å². The van der Waals surface area contributed by atoms with E-state index in [9.17, 15) is 8.42 Å². The van der Waals surface area contributed by atoms with Crippen molar-refractivity contribution in [1.29, 1.82) is 0 Å². The van der Waals surface area contributed by atoms with Crippen LogP contribution in [0.4, 0.5) is 0 Å². The molecule has 0 saturated heterocycles. The summed E-state index contributed by atoms with van der Waals surface area (Å²) in [5, 5.41) is 3.99. The molecule has 0 heterocycles. The third-order valence-electron chi connectivity index (χ3n) is 3.04. The van der Waals surface area contributed by atoms with Crippen LogP contribution in [0.2, 0.25) is 5.02 Å². The van der Waals surface area contributed by atoms with E-state index < -0.39 is 10.1 Å². The maximum absolute atomic E-state index is 10.7. The number of nitrogens with one attached hydrogen (secondary N) is 1. The van der Waals surface area contributed by atoms with Gasteiger partial charge in [0.05, 0.1) is 5.75 Å². The smallest absolute Gasteiger partial charge is 0.264 e. The molecule has 0 spiro atoms. The Morgan fingerprint density at radius 2 is 1.90 bits per heavy atom. The predicted octanol–water partition coefficient (Wildman–Crippen LogP) is 3.25. The van der Waals surface area contributed by atoms with Gasteiger partial charge in [-0.1, -0.05) is 49.7 Å². The van der Waals surface area contributed by atoms with Crippen molar-refractivity contribution in [2.24, 2.45) is 5.92 Å². The molecule has 0 aromatic heterocycles. The Bertz CT molecular complexity index is 553. The van der Waals surface area contributed by atoms with Crippen molar-refractivity contribution in [1.82, 2.24) is 5.32 Å². The molecule has 1 aromatic carbocycles. The minimum atomic E-state index is -3.87. The summed E-state index contributed by atoms with van der Waals surface area (Å²) >= 11 is 5.84. The minimum absolute atomic E-state index is 0.141. The van der Waals surface area contributed by atoms with Crippen molar-refractivity contribution in [3.05, 3.63) is 40.9 Å². The van der Waals surface area contributed by atoms with E-state index in [4.69, 9.17) is 16.2 Å². The fourth-order valence-electron chi connectivity index (χ4n) is 1.84. The lowest BCUT2D eigenvalue weighted by Gasteiger charge is -2.18. The molecule has 0 aliphatic carbocycles. The van der Waals surface area contributed by atoms with Crippen molar-refractivity contribution in [2.75, 3.05) is 12.3 Å². The second-order valence-electron chi connectivity index (χ2n) is 5.27. The second-order valence-corrected chi connectivity index (χ2v) is 7.28. The SMILES string of the molecule is CC(C)C(/C=C/c1ccc(Cl)cc1)NCCCS(=O)(=O)O. The Labute approximate surface area is 132 Å². The van der Waals surface area contributed by atoms with E-state index >= 15 is 0 Å². The Balaban J connectivity index is 2.51. The molecule has 21 heavy (non-hydrogen) atoms. The summed E-state index contributed by atoms with van der Waals surface area (Å²) in [4.78, 5) is 0. The van der Waals surface area contributed by atoms with Crippen LogP contribution in [0.5, 0.6) is 0 Å². The van der Waals surface area contributed by atoms with Gasteiger partial charge in [0.15, 0.2) is 0 Å². The molecule has 0 radical (unpaired) electrons. The maximum atomic E-state index is 10.7. The summed E-state index contributed by atoms with van der Waals surface area (Å²) in [6.07, 6.45) is 4.45. The normalized spacial score (nSPS) is 14.0. The molecule has 1 aromatic rings. The van der Waals surface area contributed by atoms with E-state index in [1.54, 1.807) is 0 Å². The van der Waals surface area contributed by atoms with E-state index in [0.29, 0.717) is 23.9 Å². The zero-order chi connectivity index (χ0) is 15.9. The largest absolute Gasteiger partial charge is 0.310 e. The van der Waals surface area contributed by atoms with Crippen molar-refractivity contribution < 1.29 is 13.0 Å². The predicted molar refractivity (Wildman–Crippen MR) is 88.1 cm³/mol. The number of hydrogen-bond donors (Lipinski definition) is 2. The first-order chi connectivity index (χ1) is 9.78. The molecular weight excluding hydrogens is 310 g/mol. The highest BCUT2D eigenvalue weighted by Gasteiger charge is 2.10. The molecule has 0 saturated carbocycles. The van der Waals surface area contributed by atoms with Gasteiger partial charge < -0.3 is 5.32 Å². The first-order valence-electron chi connectivity index (χ1n) is 6.90. The zero-order valence-corrected chi connectivity index (χ0v) is 13.9. The first kappa shape index (κ1) is 18.2. The van der Waals surface area contributed by atoms with Gasteiger partial charge >= 0.3 is 0 Å². The number of benzene rings is 1. The summed E-state index contributed by atoms with van der Waals surface area (Å²) in [5.41, 5.74) is 1.06. The first-order valence-corrected chi connectivity index (χ1v) is 8.89. The molecule has 0 aliphatic heterocycles. The van der Waals surface area contributed by atoms with E-state index in [0.717, 1.165) is 5.56 Å². The zero-order valence-electron chi connectivity index (χ0n) is 12.3. The van der Waals surface area contributed by atoms with Gasteiger partial charge in [0.2, 0.25) is 0 Å². The fourth-order valence-corrected chi connectivity index (χ4v) is 2.47. The summed E-state index contributed by atoms with van der Waals surface area (Å²) in [6, 6.07) is 7.70. The van der Waals surface area contributed by atoms with Crippen LogP contribution in [0.1, 0.15) is 25.8 Å². The molecule has 6 heteroatoms. The number of rotatable bonds is 8. The number of halogens is 1. The summed E-state index contributed by atoms with van der Waals surface area (Å²) in [7, 11) is -3.87. The fraction of sp³-hybridized carbons (Fsp3) is 0.467. The van der Waals surface area contributed by atoms with Crippen LogP contribution in [0.3, 0.4) is 0 Å². The average molecular weight is 332 g/mol.